The van der Waals surface area contributed by atoms with E-state index in [4.69, 9.17) is 0 Å². The highest BCUT2D eigenvalue weighted by Gasteiger charge is 2.29. The van der Waals surface area contributed by atoms with Crippen LogP contribution in [0.4, 0.5) is 5.69 Å². The Morgan fingerprint density at radius 1 is 0.931 bits per heavy atom. The van der Waals surface area contributed by atoms with Crippen molar-refractivity contribution < 1.29 is 13.2 Å². The van der Waals surface area contributed by atoms with E-state index < -0.39 is 10.0 Å². The fourth-order valence-electron chi connectivity index (χ4n) is 4.06. The molecular formula is C22H27N3O3S. The van der Waals surface area contributed by atoms with Gasteiger partial charge in [-0.1, -0.05) is 30.7 Å². The lowest BCUT2D eigenvalue weighted by molar-refractivity contribution is 0.0791. The Morgan fingerprint density at radius 2 is 1.69 bits per heavy atom. The van der Waals surface area contributed by atoms with Crippen molar-refractivity contribution in [2.24, 2.45) is 0 Å². The van der Waals surface area contributed by atoms with Crippen LogP contribution in [0.2, 0.25) is 0 Å². The van der Waals surface area contributed by atoms with E-state index in [1.165, 1.54) is 10.4 Å². The molecule has 0 radical (unpaired) electrons. The number of likely N-dealkylation sites (tertiary alicyclic amines) is 1. The van der Waals surface area contributed by atoms with Gasteiger partial charge >= 0.3 is 0 Å². The number of benzene rings is 2. The molecule has 2 aromatic carbocycles. The first-order valence-corrected chi connectivity index (χ1v) is 11.7. The molecule has 2 aliphatic heterocycles. The van der Waals surface area contributed by atoms with Crippen LogP contribution < -0.4 is 5.32 Å². The highest BCUT2D eigenvalue weighted by Crippen LogP contribution is 2.23. The number of amides is 1. The number of anilines is 1. The number of para-hydroxylation sites is 1. The third-order valence-corrected chi connectivity index (χ3v) is 7.55. The number of hydrogen-bond donors (Lipinski definition) is 1. The zero-order valence-electron chi connectivity index (χ0n) is 16.5. The first-order valence-electron chi connectivity index (χ1n) is 10.2. The summed E-state index contributed by atoms with van der Waals surface area (Å²) in [6.45, 7) is 2.38. The molecule has 154 valence electrons. The van der Waals surface area contributed by atoms with Gasteiger partial charge in [-0.25, -0.2) is 8.42 Å². The summed E-state index contributed by atoms with van der Waals surface area (Å²) >= 11 is 0. The molecule has 2 fully saturated rings. The predicted octanol–water partition coefficient (Wildman–Crippen LogP) is 3.19. The quantitative estimate of drug-likeness (QED) is 0.817. The van der Waals surface area contributed by atoms with Gasteiger partial charge in [0.25, 0.3) is 5.91 Å². The minimum atomic E-state index is -3.54. The van der Waals surface area contributed by atoms with Crippen molar-refractivity contribution in [1.29, 1.82) is 0 Å². The number of rotatable bonds is 5. The third kappa shape index (κ3) is 4.46. The van der Waals surface area contributed by atoms with E-state index in [0.717, 1.165) is 31.4 Å². The molecule has 6 nitrogen and oxygen atoms in total. The van der Waals surface area contributed by atoms with Gasteiger partial charge in [-0.2, -0.15) is 4.31 Å². The first-order chi connectivity index (χ1) is 14.0. The van der Waals surface area contributed by atoms with Gasteiger partial charge in [0.2, 0.25) is 10.0 Å². The molecule has 2 aromatic rings. The second-order valence-corrected chi connectivity index (χ2v) is 9.68. The summed E-state index contributed by atoms with van der Waals surface area (Å²) in [5.74, 6) is -0.113. The van der Waals surface area contributed by atoms with Crippen molar-refractivity contribution >= 4 is 21.6 Å². The number of sulfonamides is 1. The number of carbonyl (C=O) groups excluding carboxylic acids is 1. The Balaban J connectivity index is 1.45. The van der Waals surface area contributed by atoms with Gasteiger partial charge in [-0.15, -0.1) is 0 Å². The zero-order valence-corrected chi connectivity index (χ0v) is 17.3. The van der Waals surface area contributed by atoms with E-state index in [1.54, 1.807) is 23.1 Å². The van der Waals surface area contributed by atoms with Crippen molar-refractivity contribution in [1.82, 2.24) is 9.21 Å². The van der Waals surface area contributed by atoms with Gasteiger partial charge in [0.05, 0.1) is 4.90 Å². The summed E-state index contributed by atoms with van der Waals surface area (Å²) in [5, 5.41) is 3.46. The molecule has 1 unspecified atom stereocenters. The van der Waals surface area contributed by atoms with E-state index in [-0.39, 0.29) is 16.8 Å². The van der Waals surface area contributed by atoms with E-state index in [0.29, 0.717) is 31.7 Å². The molecule has 1 N–H and O–H groups in total. The van der Waals surface area contributed by atoms with Crippen LogP contribution in [0.5, 0.6) is 0 Å². The average Bonchev–Trinajstić information content (AvgIpc) is 3.23. The van der Waals surface area contributed by atoms with Crippen LogP contribution in [0.15, 0.2) is 59.5 Å². The summed E-state index contributed by atoms with van der Waals surface area (Å²) in [4.78, 5) is 15.0. The lowest BCUT2D eigenvalue weighted by Gasteiger charge is -2.26. The lowest BCUT2D eigenvalue weighted by Crippen LogP contribution is -2.36. The molecule has 7 heteroatoms. The Labute approximate surface area is 172 Å². The van der Waals surface area contributed by atoms with Gasteiger partial charge in [-0.3, -0.25) is 4.79 Å². The van der Waals surface area contributed by atoms with Gasteiger partial charge in [-0.05, 0) is 49.6 Å². The van der Waals surface area contributed by atoms with Gasteiger partial charge < -0.3 is 10.2 Å². The molecule has 29 heavy (non-hydrogen) atoms. The molecule has 0 aliphatic carbocycles. The molecule has 0 spiro atoms. The topological polar surface area (TPSA) is 69.7 Å². The molecular weight excluding hydrogens is 386 g/mol. The molecule has 2 saturated heterocycles. The molecule has 0 bridgehead atoms. The summed E-state index contributed by atoms with van der Waals surface area (Å²) < 4.78 is 27.4. The largest absolute Gasteiger partial charge is 0.380 e. The number of piperidine rings is 1. The van der Waals surface area contributed by atoms with Crippen LogP contribution in [0.25, 0.3) is 0 Å². The minimum absolute atomic E-state index is 0.113. The fourth-order valence-corrected chi connectivity index (χ4v) is 5.62. The van der Waals surface area contributed by atoms with Crippen molar-refractivity contribution in [3.63, 3.8) is 0 Å². The Hall–Kier alpha value is -2.38. The fraction of sp³-hybridized carbons (Fsp3) is 0.409. The first kappa shape index (κ1) is 19.9. The van der Waals surface area contributed by atoms with E-state index in [9.17, 15) is 13.2 Å². The molecule has 0 aromatic heterocycles. The maximum Gasteiger partial charge on any atom is 0.253 e. The standard InChI is InChI=1S/C22H27N3O3S/c26-22(24-15-12-20(17-24)23-19-9-3-1-4-10-19)18-8-7-11-21(16-18)29(27,28)25-13-5-2-6-14-25/h1,3-4,7-11,16,20,23H,2,5-6,12-15,17H2. The zero-order chi connectivity index (χ0) is 20.3. The van der Waals surface area contributed by atoms with E-state index >= 15 is 0 Å². The summed E-state index contributed by atoms with van der Waals surface area (Å²) in [6, 6.07) is 16.6. The molecule has 1 amide bonds. The lowest BCUT2D eigenvalue weighted by atomic mass is 10.2. The maximum atomic E-state index is 13.0. The van der Waals surface area contributed by atoms with Gasteiger partial charge in [0.1, 0.15) is 0 Å². The third-order valence-electron chi connectivity index (χ3n) is 5.65. The summed E-state index contributed by atoms with van der Waals surface area (Å²) in [7, 11) is -3.54. The number of carbonyl (C=O) groups is 1. The Kier molecular flexibility index (Phi) is 5.87. The number of nitrogens with one attached hydrogen (secondary N) is 1. The highest BCUT2D eigenvalue weighted by molar-refractivity contribution is 7.89. The normalized spacial score (nSPS) is 20.6. The van der Waals surface area contributed by atoms with Crippen LogP contribution in [0.3, 0.4) is 0 Å². The smallest absolute Gasteiger partial charge is 0.253 e. The van der Waals surface area contributed by atoms with Crippen molar-refractivity contribution in [2.45, 2.75) is 36.6 Å². The van der Waals surface area contributed by atoms with E-state index in [1.807, 2.05) is 30.3 Å². The monoisotopic (exact) mass is 413 g/mol. The van der Waals surface area contributed by atoms with Gasteiger partial charge in [0, 0.05) is 43.5 Å². The van der Waals surface area contributed by atoms with Crippen LogP contribution in [0.1, 0.15) is 36.0 Å². The number of nitrogens with zero attached hydrogens (tertiary/aromatic N) is 2. The predicted molar refractivity (Wildman–Crippen MR) is 113 cm³/mol. The average molecular weight is 414 g/mol. The van der Waals surface area contributed by atoms with E-state index in [2.05, 4.69) is 5.32 Å². The van der Waals surface area contributed by atoms with Crippen molar-refractivity contribution in [3.8, 4) is 0 Å². The summed E-state index contributed by atoms with van der Waals surface area (Å²) in [5.41, 5.74) is 1.48. The molecule has 4 rings (SSSR count). The van der Waals surface area contributed by atoms with Crippen LogP contribution in [0, 0.1) is 0 Å². The molecule has 1 atom stereocenters. The Morgan fingerprint density at radius 3 is 2.45 bits per heavy atom. The van der Waals surface area contributed by atoms with Crippen LogP contribution in [-0.2, 0) is 10.0 Å². The second kappa shape index (κ2) is 8.55. The van der Waals surface area contributed by atoms with Gasteiger partial charge in [0.15, 0.2) is 0 Å². The second-order valence-electron chi connectivity index (χ2n) is 7.74. The van der Waals surface area contributed by atoms with Crippen LogP contribution >= 0.6 is 0 Å². The molecule has 2 heterocycles. The van der Waals surface area contributed by atoms with Crippen molar-refractivity contribution in [3.05, 3.63) is 60.2 Å². The molecule has 0 saturated carbocycles. The van der Waals surface area contributed by atoms with Crippen molar-refractivity contribution in [2.75, 3.05) is 31.5 Å². The Bertz CT molecular complexity index is 956. The highest BCUT2D eigenvalue weighted by atomic mass is 32.2. The summed E-state index contributed by atoms with van der Waals surface area (Å²) in [6.07, 6.45) is 3.72. The van der Waals surface area contributed by atoms with Crippen LogP contribution in [-0.4, -0.2) is 55.8 Å². The SMILES string of the molecule is O=C(c1cccc(S(=O)(=O)N2CCCCC2)c1)N1CCC(Nc2ccccc2)C1. The molecule has 2 aliphatic rings. The maximum absolute atomic E-state index is 13.0. The number of hydrogen-bond acceptors (Lipinski definition) is 4. The minimum Gasteiger partial charge on any atom is -0.380 e.